The van der Waals surface area contributed by atoms with E-state index in [4.69, 9.17) is 0 Å². The molecule has 0 aliphatic rings. The summed E-state index contributed by atoms with van der Waals surface area (Å²) in [6.07, 6.45) is 3.80. The van der Waals surface area contributed by atoms with Gasteiger partial charge in [0.05, 0.1) is 6.20 Å². The van der Waals surface area contributed by atoms with Gasteiger partial charge in [-0.2, -0.15) is 0 Å². The Balaban J connectivity index is 3.07. The molecule has 0 rings (SSSR count). The van der Waals surface area contributed by atoms with Crippen molar-refractivity contribution in [3.63, 3.8) is 0 Å². The van der Waals surface area contributed by atoms with Crippen LogP contribution in [0.1, 0.15) is 19.8 Å². The highest BCUT2D eigenvalue weighted by atomic mass is 19.4. The first-order valence-corrected chi connectivity index (χ1v) is 2.54. The Hall–Kier alpha value is -0.600. The van der Waals surface area contributed by atoms with E-state index in [1.54, 1.807) is 0 Å². The topological polar surface area (TPSA) is 3.24 Å². The van der Waals surface area contributed by atoms with Crippen molar-refractivity contribution < 1.29 is 8.96 Å². The molecule has 0 bridgehead atoms. The Morgan fingerprint density at radius 3 is 2.50 bits per heavy atom. The summed E-state index contributed by atoms with van der Waals surface area (Å²) in [5.41, 5.74) is 0. The zero-order chi connectivity index (χ0) is 6.41. The molecular formula is C5H9F2N. The standard InChI is InChI=1S/C5H9F2N/c1-2-3-4-5-8(6)7/h4-5H,2-3H2,1H3. The molecule has 0 spiro atoms. The van der Waals surface area contributed by atoms with Gasteiger partial charge in [0.25, 0.3) is 0 Å². The maximum absolute atomic E-state index is 11.1. The summed E-state index contributed by atoms with van der Waals surface area (Å²) in [6, 6.07) is 0. The molecule has 0 N–H and O–H groups in total. The fourth-order valence-corrected chi connectivity index (χ4v) is 0.321. The molecule has 0 fully saturated rings. The fourth-order valence-electron chi connectivity index (χ4n) is 0.321. The summed E-state index contributed by atoms with van der Waals surface area (Å²) < 4.78 is 22.2. The molecule has 0 aromatic rings. The Bertz CT molecular complexity index is 70.8. The molecule has 0 heterocycles. The lowest BCUT2D eigenvalue weighted by Crippen LogP contribution is -1.84. The number of hydrogen-bond donors (Lipinski definition) is 0. The summed E-state index contributed by atoms with van der Waals surface area (Å²) in [4.78, 5) is 0. The Kier molecular flexibility index (Phi) is 4.21. The second-order valence-corrected chi connectivity index (χ2v) is 1.43. The molecule has 0 aromatic heterocycles. The monoisotopic (exact) mass is 121 g/mol. The molecule has 0 unspecified atom stereocenters. The van der Waals surface area contributed by atoms with Gasteiger partial charge in [0.2, 0.25) is 0 Å². The van der Waals surface area contributed by atoms with Crippen LogP contribution in [0, 0.1) is 0 Å². The molecular weight excluding hydrogens is 112 g/mol. The third-order valence-electron chi connectivity index (χ3n) is 0.673. The van der Waals surface area contributed by atoms with Gasteiger partial charge in [-0.25, -0.2) is 0 Å². The van der Waals surface area contributed by atoms with Crippen molar-refractivity contribution in [2.45, 2.75) is 19.8 Å². The Labute approximate surface area is 47.5 Å². The van der Waals surface area contributed by atoms with Crippen LogP contribution in [0.25, 0.3) is 0 Å². The van der Waals surface area contributed by atoms with Gasteiger partial charge in [-0.3, -0.25) is 0 Å². The minimum atomic E-state index is -0.949. The van der Waals surface area contributed by atoms with Crippen LogP contribution in [0.2, 0.25) is 0 Å². The predicted molar refractivity (Wildman–Crippen MR) is 28.1 cm³/mol. The van der Waals surface area contributed by atoms with Crippen molar-refractivity contribution in [1.82, 2.24) is 5.34 Å². The smallest absolute Gasteiger partial charge is 0.0651 e. The van der Waals surface area contributed by atoms with Crippen molar-refractivity contribution >= 4 is 0 Å². The molecule has 0 atom stereocenters. The van der Waals surface area contributed by atoms with Crippen LogP contribution in [0.3, 0.4) is 0 Å². The van der Waals surface area contributed by atoms with Crippen molar-refractivity contribution in [2.75, 3.05) is 0 Å². The maximum atomic E-state index is 11.1. The zero-order valence-electron chi connectivity index (χ0n) is 4.77. The summed E-state index contributed by atoms with van der Waals surface area (Å²) in [5, 5.41) is -0.949. The average molecular weight is 121 g/mol. The van der Waals surface area contributed by atoms with Gasteiger partial charge >= 0.3 is 0 Å². The van der Waals surface area contributed by atoms with Gasteiger partial charge in [-0.15, -0.1) is 0 Å². The summed E-state index contributed by atoms with van der Waals surface area (Å²) in [5.74, 6) is 0. The summed E-state index contributed by atoms with van der Waals surface area (Å²) in [6.45, 7) is 1.94. The molecule has 3 heteroatoms. The third kappa shape index (κ3) is 5.40. The summed E-state index contributed by atoms with van der Waals surface area (Å²) >= 11 is 0. The second kappa shape index (κ2) is 4.56. The quantitative estimate of drug-likeness (QED) is 0.518. The van der Waals surface area contributed by atoms with Crippen molar-refractivity contribution in [2.24, 2.45) is 0 Å². The highest BCUT2D eigenvalue weighted by Gasteiger charge is 1.82. The van der Waals surface area contributed by atoms with Gasteiger partial charge in [-0.05, 0) is 11.8 Å². The van der Waals surface area contributed by atoms with E-state index in [2.05, 4.69) is 0 Å². The fraction of sp³-hybridized carbons (Fsp3) is 0.600. The average Bonchev–Trinajstić information content (AvgIpc) is 1.66. The van der Waals surface area contributed by atoms with Crippen LogP contribution in [0.15, 0.2) is 12.3 Å². The number of unbranched alkanes of at least 4 members (excludes halogenated alkanes) is 1. The predicted octanol–water partition coefficient (Wildman–Crippen LogP) is 2.37. The molecule has 0 aliphatic heterocycles. The van der Waals surface area contributed by atoms with E-state index in [1.807, 2.05) is 6.92 Å². The highest BCUT2D eigenvalue weighted by molar-refractivity contribution is 4.74. The number of rotatable bonds is 3. The SMILES string of the molecule is CCCC=CN(F)F. The highest BCUT2D eigenvalue weighted by Crippen LogP contribution is 1.93. The molecule has 0 radical (unpaired) electrons. The van der Waals surface area contributed by atoms with Gasteiger partial charge < -0.3 is 0 Å². The normalized spacial score (nSPS) is 10.4. The lowest BCUT2D eigenvalue weighted by molar-refractivity contribution is -0.102. The van der Waals surface area contributed by atoms with E-state index < -0.39 is 5.34 Å². The minimum Gasteiger partial charge on any atom is -0.0673 e. The molecule has 0 aliphatic carbocycles. The van der Waals surface area contributed by atoms with E-state index in [-0.39, 0.29) is 0 Å². The molecule has 0 aromatic carbocycles. The third-order valence-corrected chi connectivity index (χ3v) is 0.673. The number of hydrogen-bond acceptors (Lipinski definition) is 1. The minimum absolute atomic E-state index is 0.713. The summed E-state index contributed by atoms with van der Waals surface area (Å²) in [7, 11) is 0. The molecule has 8 heavy (non-hydrogen) atoms. The first-order valence-electron chi connectivity index (χ1n) is 2.54. The van der Waals surface area contributed by atoms with E-state index >= 15 is 0 Å². The Morgan fingerprint density at radius 2 is 2.12 bits per heavy atom. The van der Waals surface area contributed by atoms with Gasteiger partial charge in [0.15, 0.2) is 0 Å². The largest absolute Gasteiger partial charge is 0.0673 e. The van der Waals surface area contributed by atoms with Gasteiger partial charge in [0, 0.05) is 0 Å². The van der Waals surface area contributed by atoms with E-state index in [0.717, 1.165) is 12.6 Å². The molecule has 0 saturated heterocycles. The molecule has 1 nitrogen and oxygen atoms in total. The molecule has 0 amide bonds. The van der Waals surface area contributed by atoms with Crippen LogP contribution in [0.5, 0.6) is 0 Å². The van der Waals surface area contributed by atoms with E-state index in [0.29, 0.717) is 6.42 Å². The number of halogens is 2. The second-order valence-electron chi connectivity index (χ2n) is 1.43. The lowest BCUT2D eigenvalue weighted by atomic mass is 10.3. The lowest BCUT2D eigenvalue weighted by Gasteiger charge is -1.88. The molecule has 0 saturated carbocycles. The Morgan fingerprint density at radius 1 is 1.50 bits per heavy atom. The van der Waals surface area contributed by atoms with Gasteiger partial charge in [0.1, 0.15) is 0 Å². The van der Waals surface area contributed by atoms with Crippen LogP contribution < -0.4 is 0 Å². The van der Waals surface area contributed by atoms with E-state index in [1.165, 1.54) is 6.08 Å². The van der Waals surface area contributed by atoms with Crippen LogP contribution >= 0.6 is 0 Å². The van der Waals surface area contributed by atoms with Gasteiger partial charge in [-0.1, -0.05) is 28.4 Å². The number of nitrogens with zero attached hydrogens (tertiary/aromatic N) is 1. The number of allylic oxidation sites excluding steroid dienone is 1. The molecule has 48 valence electrons. The van der Waals surface area contributed by atoms with E-state index in [9.17, 15) is 8.96 Å². The zero-order valence-corrected chi connectivity index (χ0v) is 4.77. The van der Waals surface area contributed by atoms with Crippen LogP contribution in [-0.2, 0) is 0 Å². The van der Waals surface area contributed by atoms with Crippen LogP contribution in [-0.4, -0.2) is 5.34 Å². The van der Waals surface area contributed by atoms with Crippen LogP contribution in [0.4, 0.5) is 8.96 Å². The van der Waals surface area contributed by atoms with Crippen molar-refractivity contribution in [3.05, 3.63) is 12.3 Å². The van der Waals surface area contributed by atoms with Crippen molar-refractivity contribution in [3.8, 4) is 0 Å². The first-order chi connectivity index (χ1) is 3.77. The maximum Gasteiger partial charge on any atom is 0.0651 e. The van der Waals surface area contributed by atoms with Crippen molar-refractivity contribution in [1.29, 1.82) is 0 Å². The first kappa shape index (κ1) is 7.40.